The minimum absolute atomic E-state index is 0.0874. The molecule has 2 rings (SSSR count). The molecule has 1 aliphatic carbocycles. The van der Waals surface area contributed by atoms with Gasteiger partial charge in [-0.15, -0.1) is 0 Å². The molecule has 2 atom stereocenters. The van der Waals surface area contributed by atoms with Crippen molar-refractivity contribution < 1.29 is 4.79 Å². The van der Waals surface area contributed by atoms with Crippen LogP contribution in [0.4, 0.5) is 0 Å². The smallest absolute Gasteiger partial charge is 0.239 e. The Hall–Kier alpha value is -0.570. The number of carbonyl (C=O) groups is 1. The van der Waals surface area contributed by atoms with Crippen molar-refractivity contribution in [2.75, 3.05) is 13.6 Å². The van der Waals surface area contributed by atoms with Crippen molar-refractivity contribution in [3.63, 3.8) is 0 Å². The number of hydrogen-bond acceptors (Lipinski definition) is 2. The summed E-state index contributed by atoms with van der Waals surface area (Å²) in [5, 5.41) is 3.32. The maximum absolute atomic E-state index is 12.0. The van der Waals surface area contributed by atoms with Crippen LogP contribution in [-0.4, -0.2) is 36.5 Å². The molecule has 2 unspecified atom stereocenters. The molecule has 0 bridgehead atoms. The third-order valence-corrected chi connectivity index (χ3v) is 3.41. The Morgan fingerprint density at radius 1 is 1.36 bits per heavy atom. The second kappa shape index (κ2) is 3.89. The molecular formula is C11H20N2O. The Labute approximate surface area is 85.8 Å². The number of rotatable bonds is 2. The second-order valence-electron chi connectivity index (χ2n) is 4.82. The number of amides is 1. The molecule has 0 aromatic carbocycles. The van der Waals surface area contributed by atoms with Gasteiger partial charge in [-0.1, -0.05) is 6.92 Å². The van der Waals surface area contributed by atoms with E-state index in [2.05, 4.69) is 12.2 Å². The maximum atomic E-state index is 12.0. The monoisotopic (exact) mass is 196 g/mol. The summed E-state index contributed by atoms with van der Waals surface area (Å²) in [5.41, 5.74) is 0. The number of piperidine rings is 1. The summed E-state index contributed by atoms with van der Waals surface area (Å²) in [6.45, 7) is 3.23. The molecule has 0 aromatic heterocycles. The fourth-order valence-corrected chi connectivity index (χ4v) is 2.18. The molecule has 1 heterocycles. The lowest BCUT2D eigenvalue weighted by Crippen LogP contribution is -2.49. The third kappa shape index (κ3) is 2.08. The molecule has 0 aromatic rings. The summed E-state index contributed by atoms with van der Waals surface area (Å²) in [4.78, 5) is 13.9. The van der Waals surface area contributed by atoms with Crippen LogP contribution >= 0.6 is 0 Å². The average molecular weight is 196 g/mol. The van der Waals surface area contributed by atoms with Crippen molar-refractivity contribution >= 4 is 5.91 Å². The van der Waals surface area contributed by atoms with Gasteiger partial charge in [-0.05, 0) is 38.1 Å². The number of carbonyl (C=O) groups excluding carboxylic acids is 1. The minimum Gasteiger partial charge on any atom is -0.341 e. The number of hydrogen-bond donors (Lipinski definition) is 1. The fourth-order valence-electron chi connectivity index (χ4n) is 2.18. The molecule has 0 radical (unpaired) electrons. The highest BCUT2D eigenvalue weighted by molar-refractivity contribution is 5.82. The molecule has 3 heteroatoms. The van der Waals surface area contributed by atoms with Crippen molar-refractivity contribution in [1.29, 1.82) is 0 Å². The molecule has 1 saturated carbocycles. The summed E-state index contributed by atoms with van der Waals surface area (Å²) in [6, 6.07) is 0.630. The van der Waals surface area contributed by atoms with E-state index in [1.165, 1.54) is 19.3 Å². The van der Waals surface area contributed by atoms with Crippen LogP contribution in [0, 0.1) is 5.92 Å². The van der Waals surface area contributed by atoms with Crippen LogP contribution in [0.25, 0.3) is 0 Å². The van der Waals surface area contributed by atoms with E-state index in [9.17, 15) is 4.79 Å². The van der Waals surface area contributed by atoms with Gasteiger partial charge in [0.2, 0.25) is 5.91 Å². The summed E-state index contributed by atoms with van der Waals surface area (Å²) in [5.74, 6) is 0.997. The zero-order chi connectivity index (χ0) is 10.1. The molecule has 2 fully saturated rings. The summed E-state index contributed by atoms with van der Waals surface area (Å²) in [7, 11) is 1.95. The zero-order valence-corrected chi connectivity index (χ0v) is 9.12. The van der Waals surface area contributed by atoms with Crippen LogP contribution < -0.4 is 5.32 Å². The number of nitrogens with zero attached hydrogens (tertiary/aromatic N) is 1. The van der Waals surface area contributed by atoms with Gasteiger partial charge in [0.05, 0.1) is 6.04 Å². The van der Waals surface area contributed by atoms with Gasteiger partial charge in [0.15, 0.2) is 0 Å². The Morgan fingerprint density at radius 2 is 2.07 bits per heavy atom. The summed E-state index contributed by atoms with van der Waals surface area (Å²) < 4.78 is 0. The molecule has 1 saturated heterocycles. The summed E-state index contributed by atoms with van der Waals surface area (Å²) in [6.07, 6.45) is 4.61. The zero-order valence-electron chi connectivity index (χ0n) is 9.12. The fraction of sp³-hybridized carbons (Fsp3) is 0.909. The number of likely N-dealkylation sites (N-methyl/N-ethyl adjacent to an activating group) is 1. The molecule has 2 aliphatic rings. The highest BCUT2D eigenvalue weighted by atomic mass is 16.2. The van der Waals surface area contributed by atoms with E-state index < -0.39 is 0 Å². The molecule has 14 heavy (non-hydrogen) atoms. The van der Waals surface area contributed by atoms with Crippen molar-refractivity contribution in [2.24, 2.45) is 5.92 Å². The van der Waals surface area contributed by atoms with Gasteiger partial charge in [-0.3, -0.25) is 4.79 Å². The van der Waals surface area contributed by atoms with Gasteiger partial charge in [0, 0.05) is 13.1 Å². The van der Waals surface area contributed by atoms with E-state index in [1.807, 2.05) is 11.9 Å². The lowest BCUT2D eigenvalue weighted by Gasteiger charge is -2.30. The van der Waals surface area contributed by atoms with Crippen molar-refractivity contribution in [3.8, 4) is 0 Å². The normalized spacial score (nSPS) is 32.7. The van der Waals surface area contributed by atoms with Crippen molar-refractivity contribution in [3.05, 3.63) is 0 Å². The average Bonchev–Trinajstić information content (AvgIpc) is 2.99. The largest absolute Gasteiger partial charge is 0.341 e. The molecule has 1 N–H and O–H groups in total. The van der Waals surface area contributed by atoms with Crippen LogP contribution in [0.2, 0.25) is 0 Å². The van der Waals surface area contributed by atoms with Crippen LogP contribution in [0.1, 0.15) is 32.6 Å². The van der Waals surface area contributed by atoms with E-state index in [4.69, 9.17) is 0 Å². The first-order valence-electron chi connectivity index (χ1n) is 5.68. The van der Waals surface area contributed by atoms with Crippen LogP contribution in [-0.2, 0) is 4.79 Å². The Bertz CT molecular complexity index is 225. The molecule has 0 spiro atoms. The molecule has 80 valence electrons. The SMILES string of the molecule is CC1CCNC(C(=O)N(C)C2CC2)C1. The quantitative estimate of drug-likeness (QED) is 0.714. The standard InChI is InChI=1S/C11H20N2O/c1-8-5-6-12-10(7-8)11(14)13(2)9-3-4-9/h8-10,12H,3-7H2,1-2H3. The number of nitrogens with one attached hydrogen (secondary N) is 1. The second-order valence-corrected chi connectivity index (χ2v) is 4.82. The third-order valence-electron chi connectivity index (χ3n) is 3.41. The van der Waals surface area contributed by atoms with Gasteiger partial charge < -0.3 is 10.2 Å². The minimum atomic E-state index is 0.0874. The van der Waals surface area contributed by atoms with Gasteiger partial charge in [0.25, 0.3) is 0 Å². The highest BCUT2D eigenvalue weighted by Gasteiger charge is 2.34. The Kier molecular flexibility index (Phi) is 2.77. The first-order valence-corrected chi connectivity index (χ1v) is 5.68. The highest BCUT2D eigenvalue weighted by Crippen LogP contribution is 2.27. The van der Waals surface area contributed by atoms with Crippen molar-refractivity contribution in [1.82, 2.24) is 10.2 Å². The van der Waals surface area contributed by atoms with Gasteiger partial charge >= 0.3 is 0 Å². The molecule has 1 amide bonds. The molecule has 3 nitrogen and oxygen atoms in total. The predicted molar refractivity (Wildman–Crippen MR) is 56.0 cm³/mol. The molecular weight excluding hydrogens is 176 g/mol. The van der Waals surface area contributed by atoms with E-state index in [1.54, 1.807) is 0 Å². The first kappa shape index (κ1) is 9.97. The van der Waals surface area contributed by atoms with E-state index in [-0.39, 0.29) is 6.04 Å². The van der Waals surface area contributed by atoms with Crippen LogP contribution in [0.15, 0.2) is 0 Å². The van der Waals surface area contributed by atoms with E-state index >= 15 is 0 Å². The Balaban J connectivity index is 1.89. The van der Waals surface area contributed by atoms with Crippen LogP contribution in [0.5, 0.6) is 0 Å². The van der Waals surface area contributed by atoms with E-state index in [0.717, 1.165) is 13.0 Å². The lowest BCUT2D eigenvalue weighted by atomic mass is 9.93. The van der Waals surface area contributed by atoms with E-state index in [0.29, 0.717) is 17.9 Å². The molecule has 1 aliphatic heterocycles. The predicted octanol–water partition coefficient (Wildman–Crippen LogP) is 0.995. The van der Waals surface area contributed by atoms with Gasteiger partial charge in [-0.25, -0.2) is 0 Å². The maximum Gasteiger partial charge on any atom is 0.239 e. The van der Waals surface area contributed by atoms with Gasteiger partial charge in [-0.2, -0.15) is 0 Å². The topological polar surface area (TPSA) is 32.3 Å². The van der Waals surface area contributed by atoms with Gasteiger partial charge in [0.1, 0.15) is 0 Å². The summed E-state index contributed by atoms with van der Waals surface area (Å²) >= 11 is 0. The van der Waals surface area contributed by atoms with Crippen molar-refractivity contribution in [2.45, 2.75) is 44.7 Å². The Morgan fingerprint density at radius 3 is 2.64 bits per heavy atom. The first-order chi connectivity index (χ1) is 6.68. The van der Waals surface area contributed by atoms with Crippen LogP contribution in [0.3, 0.4) is 0 Å². The lowest BCUT2D eigenvalue weighted by molar-refractivity contribution is -0.133.